The molecule has 1 heterocycles. The number of hydrogen-bond acceptors (Lipinski definition) is 3. The highest BCUT2D eigenvalue weighted by Crippen LogP contribution is 2.24. The van der Waals surface area contributed by atoms with E-state index in [9.17, 15) is 9.18 Å². The van der Waals surface area contributed by atoms with Crippen LogP contribution in [0, 0.1) is 5.82 Å². The molecule has 0 saturated heterocycles. The summed E-state index contributed by atoms with van der Waals surface area (Å²) in [6.07, 6.45) is 1.67. The lowest BCUT2D eigenvalue weighted by atomic mass is 10.2. The van der Waals surface area contributed by atoms with E-state index in [-0.39, 0.29) is 17.0 Å². The van der Waals surface area contributed by atoms with E-state index in [1.54, 1.807) is 30.5 Å². The molecule has 0 bridgehead atoms. The van der Waals surface area contributed by atoms with E-state index in [4.69, 9.17) is 11.6 Å². The van der Waals surface area contributed by atoms with E-state index in [1.165, 1.54) is 23.9 Å². The minimum atomic E-state index is -0.311. The molecule has 26 heavy (non-hydrogen) atoms. The van der Waals surface area contributed by atoms with Crippen molar-refractivity contribution in [1.29, 1.82) is 0 Å². The number of thioether (sulfide) groups is 1. The minimum Gasteiger partial charge on any atom is -0.351 e. The Morgan fingerprint density at radius 1 is 1.23 bits per heavy atom. The van der Waals surface area contributed by atoms with Gasteiger partial charge in [0.1, 0.15) is 5.82 Å². The number of benzene rings is 2. The normalized spacial score (nSPS) is 12.0. The van der Waals surface area contributed by atoms with Crippen molar-refractivity contribution in [3.8, 4) is 11.3 Å². The molecule has 1 atom stereocenters. The molecular weight excluding hydrogens is 373 g/mol. The van der Waals surface area contributed by atoms with Crippen LogP contribution in [0.1, 0.15) is 12.5 Å². The lowest BCUT2D eigenvalue weighted by molar-refractivity contribution is -0.120. The molecule has 2 aromatic carbocycles. The number of nitrogens with zero attached hydrogens (tertiary/aromatic N) is 1. The molecule has 134 valence electrons. The molecular formula is C19H17ClFN3OS. The van der Waals surface area contributed by atoms with Crippen molar-refractivity contribution in [1.82, 2.24) is 15.3 Å². The highest BCUT2D eigenvalue weighted by molar-refractivity contribution is 8.00. The zero-order valence-corrected chi connectivity index (χ0v) is 15.6. The van der Waals surface area contributed by atoms with Crippen LogP contribution in [0.15, 0.2) is 59.9 Å². The fraction of sp³-hybridized carbons (Fsp3) is 0.158. The summed E-state index contributed by atoms with van der Waals surface area (Å²) < 4.78 is 13.0. The van der Waals surface area contributed by atoms with Crippen molar-refractivity contribution in [3.63, 3.8) is 0 Å². The number of carbonyl (C=O) groups excluding carboxylic acids is 1. The van der Waals surface area contributed by atoms with Crippen LogP contribution in [0.3, 0.4) is 0 Å². The van der Waals surface area contributed by atoms with Crippen molar-refractivity contribution < 1.29 is 9.18 Å². The van der Waals surface area contributed by atoms with Crippen LogP contribution in [-0.4, -0.2) is 21.1 Å². The molecule has 0 aliphatic rings. The molecule has 1 unspecified atom stereocenters. The lowest BCUT2D eigenvalue weighted by Gasteiger charge is -2.10. The van der Waals surface area contributed by atoms with Crippen LogP contribution in [0.2, 0.25) is 5.02 Å². The number of halogens is 2. The van der Waals surface area contributed by atoms with Gasteiger partial charge in [0, 0.05) is 11.6 Å². The van der Waals surface area contributed by atoms with Gasteiger partial charge in [0.15, 0.2) is 5.16 Å². The molecule has 7 heteroatoms. The first kappa shape index (κ1) is 18.5. The number of H-pyrrole nitrogens is 1. The average Bonchev–Trinajstić information content (AvgIpc) is 3.10. The predicted molar refractivity (Wildman–Crippen MR) is 103 cm³/mol. The standard InChI is InChI=1S/C19H17ClFN3OS/c1-12(18(25)22-10-13-2-6-15(20)7-3-13)26-19-23-11-17(24-19)14-4-8-16(21)9-5-14/h2-9,11-12H,10H2,1H3,(H,22,25)(H,23,24). The van der Waals surface area contributed by atoms with Crippen LogP contribution >= 0.6 is 23.4 Å². The van der Waals surface area contributed by atoms with E-state index in [2.05, 4.69) is 15.3 Å². The molecule has 4 nitrogen and oxygen atoms in total. The second-order valence-electron chi connectivity index (χ2n) is 5.71. The van der Waals surface area contributed by atoms with Crippen molar-refractivity contribution >= 4 is 29.3 Å². The summed E-state index contributed by atoms with van der Waals surface area (Å²) >= 11 is 7.18. The first-order chi connectivity index (χ1) is 12.5. The van der Waals surface area contributed by atoms with Crippen LogP contribution in [0.5, 0.6) is 0 Å². The smallest absolute Gasteiger partial charge is 0.233 e. The van der Waals surface area contributed by atoms with Gasteiger partial charge in [0.05, 0.1) is 17.1 Å². The third kappa shape index (κ3) is 4.86. The van der Waals surface area contributed by atoms with Gasteiger partial charge in [-0.2, -0.15) is 0 Å². The van der Waals surface area contributed by atoms with Gasteiger partial charge in [-0.3, -0.25) is 4.79 Å². The Balaban J connectivity index is 1.55. The van der Waals surface area contributed by atoms with Crippen molar-refractivity contribution in [3.05, 3.63) is 71.1 Å². The average molecular weight is 390 g/mol. The monoisotopic (exact) mass is 389 g/mol. The molecule has 0 saturated carbocycles. The Bertz CT molecular complexity index is 881. The predicted octanol–water partition coefficient (Wildman–Crippen LogP) is 4.67. The quantitative estimate of drug-likeness (QED) is 0.602. The molecule has 0 spiro atoms. The SMILES string of the molecule is CC(Sc1ncc(-c2ccc(F)cc2)[nH]1)C(=O)NCc1ccc(Cl)cc1. The van der Waals surface area contributed by atoms with Gasteiger partial charge >= 0.3 is 0 Å². The number of rotatable bonds is 6. The first-order valence-corrected chi connectivity index (χ1v) is 9.27. The topological polar surface area (TPSA) is 57.8 Å². The Labute approximate surface area is 160 Å². The van der Waals surface area contributed by atoms with Gasteiger partial charge in [-0.1, -0.05) is 35.5 Å². The van der Waals surface area contributed by atoms with E-state index in [0.29, 0.717) is 16.7 Å². The number of aromatic amines is 1. The van der Waals surface area contributed by atoms with Crippen LogP contribution in [-0.2, 0) is 11.3 Å². The Hall–Kier alpha value is -2.31. The van der Waals surface area contributed by atoms with Crippen molar-refractivity contribution in [2.24, 2.45) is 0 Å². The van der Waals surface area contributed by atoms with E-state index in [0.717, 1.165) is 16.8 Å². The van der Waals surface area contributed by atoms with Gasteiger partial charge < -0.3 is 10.3 Å². The Kier molecular flexibility index (Phi) is 5.96. The maximum atomic E-state index is 13.0. The van der Waals surface area contributed by atoms with Gasteiger partial charge in [0.2, 0.25) is 5.91 Å². The third-order valence-electron chi connectivity index (χ3n) is 3.75. The first-order valence-electron chi connectivity index (χ1n) is 8.01. The lowest BCUT2D eigenvalue weighted by Crippen LogP contribution is -2.30. The minimum absolute atomic E-state index is 0.0790. The fourth-order valence-electron chi connectivity index (χ4n) is 2.30. The van der Waals surface area contributed by atoms with Gasteiger partial charge in [-0.25, -0.2) is 9.37 Å². The van der Waals surface area contributed by atoms with Crippen molar-refractivity contribution in [2.45, 2.75) is 23.9 Å². The van der Waals surface area contributed by atoms with Crippen LogP contribution in [0.25, 0.3) is 11.3 Å². The molecule has 0 aliphatic carbocycles. The molecule has 1 amide bonds. The van der Waals surface area contributed by atoms with Gasteiger partial charge in [-0.15, -0.1) is 0 Å². The summed E-state index contributed by atoms with van der Waals surface area (Å²) in [5, 5.41) is 3.89. The third-order valence-corrected chi connectivity index (χ3v) is 5.00. The summed E-state index contributed by atoms with van der Waals surface area (Å²) in [6, 6.07) is 13.5. The number of amides is 1. The summed E-state index contributed by atoms with van der Waals surface area (Å²) in [5.41, 5.74) is 2.60. The maximum absolute atomic E-state index is 13.0. The molecule has 2 N–H and O–H groups in total. The van der Waals surface area contributed by atoms with Crippen LogP contribution in [0.4, 0.5) is 4.39 Å². The number of aromatic nitrogens is 2. The zero-order chi connectivity index (χ0) is 18.5. The zero-order valence-electron chi connectivity index (χ0n) is 14.0. The molecule has 0 radical (unpaired) electrons. The molecule has 3 aromatic rings. The largest absolute Gasteiger partial charge is 0.351 e. The van der Waals surface area contributed by atoms with Crippen LogP contribution < -0.4 is 5.32 Å². The second kappa shape index (κ2) is 8.38. The Morgan fingerprint density at radius 3 is 2.62 bits per heavy atom. The fourth-order valence-corrected chi connectivity index (χ4v) is 3.23. The number of nitrogens with one attached hydrogen (secondary N) is 2. The van der Waals surface area contributed by atoms with E-state index >= 15 is 0 Å². The van der Waals surface area contributed by atoms with E-state index in [1.807, 2.05) is 19.1 Å². The van der Waals surface area contributed by atoms with Crippen molar-refractivity contribution in [2.75, 3.05) is 0 Å². The summed E-state index contributed by atoms with van der Waals surface area (Å²) in [5.74, 6) is -0.362. The molecule has 1 aromatic heterocycles. The Morgan fingerprint density at radius 2 is 1.92 bits per heavy atom. The van der Waals surface area contributed by atoms with E-state index < -0.39 is 0 Å². The maximum Gasteiger partial charge on any atom is 0.233 e. The van der Waals surface area contributed by atoms with Gasteiger partial charge in [-0.05, 0) is 54.4 Å². The molecule has 0 aliphatic heterocycles. The summed E-state index contributed by atoms with van der Waals surface area (Å²) in [7, 11) is 0. The summed E-state index contributed by atoms with van der Waals surface area (Å²) in [6.45, 7) is 2.27. The summed E-state index contributed by atoms with van der Waals surface area (Å²) in [4.78, 5) is 19.7. The number of carbonyl (C=O) groups is 1. The number of hydrogen-bond donors (Lipinski definition) is 2. The number of imidazole rings is 1. The molecule has 3 rings (SSSR count). The second-order valence-corrected chi connectivity index (χ2v) is 7.48. The highest BCUT2D eigenvalue weighted by atomic mass is 35.5. The van der Waals surface area contributed by atoms with Gasteiger partial charge in [0.25, 0.3) is 0 Å². The highest BCUT2D eigenvalue weighted by Gasteiger charge is 2.16. The molecule has 0 fully saturated rings.